The molecular weight excluding hydrogens is 224 g/mol. The number of halogens is 2. The van der Waals surface area contributed by atoms with Crippen LogP contribution in [0.2, 0.25) is 0 Å². The Labute approximate surface area is 96.6 Å². The van der Waals surface area contributed by atoms with Gasteiger partial charge in [-0.25, -0.2) is 0 Å². The third-order valence-electron chi connectivity index (χ3n) is 2.47. The van der Waals surface area contributed by atoms with Crippen molar-refractivity contribution in [1.82, 2.24) is 4.98 Å². The minimum atomic E-state index is -3.15. The van der Waals surface area contributed by atoms with Crippen molar-refractivity contribution in [2.45, 2.75) is 12.8 Å². The van der Waals surface area contributed by atoms with Crippen LogP contribution >= 0.6 is 0 Å². The quantitative estimate of drug-likeness (QED) is 0.796. The Kier molecular flexibility index (Phi) is 2.79. The van der Waals surface area contributed by atoms with Crippen LogP contribution in [0.1, 0.15) is 12.6 Å². The minimum Gasteiger partial charge on any atom is -0.353 e. The second-order valence-corrected chi connectivity index (χ2v) is 3.72. The van der Waals surface area contributed by atoms with Gasteiger partial charge in [0, 0.05) is 17.0 Å². The van der Waals surface area contributed by atoms with Crippen LogP contribution in [0.25, 0.3) is 10.9 Å². The predicted octanol–water partition coefficient (Wildman–Crippen LogP) is 3.20. The maximum atomic E-state index is 13.6. The van der Waals surface area contributed by atoms with Crippen LogP contribution in [-0.4, -0.2) is 4.98 Å². The molecule has 0 saturated carbocycles. The van der Waals surface area contributed by atoms with E-state index in [1.165, 1.54) is 13.0 Å². The van der Waals surface area contributed by atoms with Gasteiger partial charge in [0.1, 0.15) is 0 Å². The molecule has 1 N–H and O–H groups in total. The number of pyridine rings is 1. The molecule has 1 aromatic carbocycles. The Morgan fingerprint density at radius 1 is 1.29 bits per heavy atom. The Hall–Kier alpha value is -1.97. The molecule has 0 unspecified atom stereocenters. The number of nitrogens with one attached hydrogen (secondary N) is 1. The summed E-state index contributed by atoms with van der Waals surface area (Å²) < 4.78 is 27.2. The number of benzene rings is 1. The normalized spacial score (nSPS) is 12.4. The third kappa shape index (κ3) is 2.11. The Morgan fingerprint density at radius 3 is 2.71 bits per heavy atom. The van der Waals surface area contributed by atoms with Crippen LogP contribution in [0.15, 0.2) is 47.3 Å². The van der Waals surface area contributed by atoms with Crippen molar-refractivity contribution >= 4 is 10.9 Å². The molecule has 4 heteroatoms. The van der Waals surface area contributed by atoms with Crippen molar-refractivity contribution < 1.29 is 8.78 Å². The fraction of sp³-hybridized carbons (Fsp3) is 0.154. The monoisotopic (exact) mass is 235 g/mol. The van der Waals surface area contributed by atoms with E-state index in [9.17, 15) is 13.6 Å². The molecule has 2 rings (SSSR count). The van der Waals surface area contributed by atoms with Crippen molar-refractivity contribution in [3.8, 4) is 0 Å². The summed E-state index contributed by atoms with van der Waals surface area (Å²) in [5, 5.41) is 0.410. The molecule has 0 spiro atoms. The van der Waals surface area contributed by atoms with Gasteiger partial charge >= 0.3 is 5.92 Å². The summed E-state index contributed by atoms with van der Waals surface area (Å²) in [5.41, 5.74) is -0.378. The summed E-state index contributed by atoms with van der Waals surface area (Å²) in [6, 6.07) is 7.54. The van der Waals surface area contributed by atoms with E-state index in [0.717, 1.165) is 12.1 Å². The number of alkyl halides is 2. The average molecular weight is 235 g/mol. The lowest BCUT2D eigenvalue weighted by molar-refractivity contribution is 0.0473. The Balaban J connectivity index is 2.70. The lowest BCUT2D eigenvalue weighted by Crippen LogP contribution is -2.16. The molecular formula is C13H11F2NO. The number of fused-ring (bicyclic) bond motifs is 1. The molecule has 1 heterocycles. The summed E-state index contributed by atoms with van der Waals surface area (Å²) in [4.78, 5) is 14.3. The first-order valence-electron chi connectivity index (χ1n) is 5.19. The van der Waals surface area contributed by atoms with Gasteiger partial charge in [0.2, 0.25) is 0 Å². The maximum Gasteiger partial charge on any atom is 0.306 e. The zero-order valence-electron chi connectivity index (χ0n) is 9.21. The highest BCUT2D eigenvalue weighted by molar-refractivity contribution is 5.78. The highest BCUT2D eigenvalue weighted by Gasteiger charge is 2.29. The predicted molar refractivity (Wildman–Crippen MR) is 63.3 cm³/mol. The van der Waals surface area contributed by atoms with Gasteiger partial charge in [-0.05, 0) is 25.1 Å². The summed E-state index contributed by atoms with van der Waals surface area (Å²) in [6.45, 7) is 1.51. The van der Waals surface area contributed by atoms with Crippen LogP contribution in [0.4, 0.5) is 8.78 Å². The van der Waals surface area contributed by atoms with E-state index in [0.29, 0.717) is 10.9 Å². The fourth-order valence-corrected chi connectivity index (χ4v) is 1.68. The smallest absolute Gasteiger partial charge is 0.306 e. The van der Waals surface area contributed by atoms with Gasteiger partial charge in [-0.15, -0.1) is 0 Å². The van der Waals surface area contributed by atoms with Gasteiger partial charge in [-0.2, -0.15) is 8.78 Å². The Bertz CT molecular complexity index is 629. The molecule has 0 aliphatic rings. The van der Waals surface area contributed by atoms with Crippen molar-refractivity contribution in [3.63, 3.8) is 0 Å². The van der Waals surface area contributed by atoms with Crippen molar-refractivity contribution in [3.05, 3.63) is 58.4 Å². The molecule has 1 aromatic heterocycles. The molecule has 0 radical (unpaired) electrons. The number of aromatic nitrogens is 1. The molecule has 0 aliphatic carbocycles. The van der Waals surface area contributed by atoms with E-state index in [4.69, 9.17) is 0 Å². The highest BCUT2D eigenvalue weighted by Crippen LogP contribution is 2.27. The lowest BCUT2D eigenvalue weighted by Gasteiger charge is -2.12. The van der Waals surface area contributed by atoms with Gasteiger partial charge in [0.05, 0.1) is 5.69 Å². The summed E-state index contributed by atoms with van der Waals surface area (Å²) in [5.74, 6) is -3.15. The highest BCUT2D eigenvalue weighted by atomic mass is 19.3. The largest absolute Gasteiger partial charge is 0.353 e. The number of rotatable bonds is 2. The first-order chi connectivity index (χ1) is 8.04. The zero-order valence-corrected chi connectivity index (χ0v) is 9.21. The molecule has 0 saturated heterocycles. The van der Waals surface area contributed by atoms with Crippen molar-refractivity contribution in [2.24, 2.45) is 0 Å². The van der Waals surface area contributed by atoms with E-state index in [1.807, 2.05) is 0 Å². The number of allylic oxidation sites excluding steroid dienone is 2. The molecule has 0 atom stereocenters. The first-order valence-corrected chi connectivity index (χ1v) is 5.19. The number of H-pyrrole nitrogens is 1. The van der Waals surface area contributed by atoms with E-state index in [1.54, 1.807) is 24.3 Å². The molecule has 17 heavy (non-hydrogen) atoms. The van der Waals surface area contributed by atoms with Crippen LogP contribution in [0, 0.1) is 0 Å². The van der Waals surface area contributed by atoms with Gasteiger partial charge in [-0.1, -0.05) is 18.2 Å². The van der Waals surface area contributed by atoms with Gasteiger partial charge in [0.25, 0.3) is 0 Å². The van der Waals surface area contributed by atoms with Crippen molar-refractivity contribution in [1.29, 1.82) is 0 Å². The number of para-hydroxylation sites is 1. The molecule has 2 aromatic rings. The number of aromatic amines is 1. The van der Waals surface area contributed by atoms with Gasteiger partial charge < -0.3 is 4.98 Å². The standard InChI is InChI=1S/C13H11F2NO/c1-2-7-13(14,15)12-8-11(17)9-5-3-4-6-10(9)16-12/h2-8H,1H3,(H,16,17)/b7-2+. The molecule has 0 amide bonds. The topological polar surface area (TPSA) is 32.9 Å². The summed E-state index contributed by atoms with van der Waals surface area (Å²) >= 11 is 0. The van der Waals surface area contributed by atoms with Crippen LogP contribution in [0.3, 0.4) is 0 Å². The summed E-state index contributed by atoms with van der Waals surface area (Å²) in [7, 11) is 0. The van der Waals surface area contributed by atoms with Gasteiger partial charge in [-0.3, -0.25) is 4.79 Å². The number of hydrogen-bond acceptors (Lipinski definition) is 1. The average Bonchev–Trinajstić information content (AvgIpc) is 2.29. The summed E-state index contributed by atoms with van der Waals surface area (Å²) in [6.07, 6.45) is 2.01. The molecule has 0 bridgehead atoms. The molecule has 2 nitrogen and oxygen atoms in total. The first kappa shape index (κ1) is 11.5. The second-order valence-electron chi connectivity index (χ2n) is 3.72. The van der Waals surface area contributed by atoms with E-state index in [2.05, 4.69) is 4.98 Å². The van der Waals surface area contributed by atoms with E-state index in [-0.39, 0.29) is 5.69 Å². The van der Waals surface area contributed by atoms with Crippen LogP contribution < -0.4 is 5.43 Å². The van der Waals surface area contributed by atoms with E-state index >= 15 is 0 Å². The fourth-order valence-electron chi connectivity index (χ4n) is 1.68. The van der Waals surface area contributed by atoms with Crippen LogP contribution in [-0.2, 0) is 5.92 Å². The van der Waals surface area contributed by atoms with E-state index < -0.39 is 11.4 Å². The molecule has 88 valence electrons. The Morgan fingerprint density at radius 2 is 2.00 bits per heavy atom. The lowest BCUT2D eigenvalue weighted by atomic mass is 10.1. The molecule has 0 aliphatic heterocycles. The third-order valence-corrected chi connectivity index (χ3v) is 2.47. The van der Waals surface area contributed by atoms with Crippen molar-refractivity contribution in [2.75, 3.05) is 0 Å². The van der Waals surface area contributed by atoms with Crippen LogP contribution in [0.5, 0.6) is 0 Å². The maximum absolute atomic E-state index is 13.6. The number of hydrogen-bond donors (Lipinski definition) is 1. The zero-order chi connectivity index (χ0) is 12.5. The minimum absolute atomic E-state index is 0.390. The molecule has 0 fully saturated rings. The SMILES string of the molecule is C/C=C/C(F)(F)c1cc(=O)c2ccccc2[nH]1. The van der Waals surface area contributed by atoms with Gasteiger partial charge in [0.15, 0.2) is 5.43 Å². The second kappa shape index (κ2) is 4.13.